The van der Waals surface area contributed by atoms with E-state index in [0.29, 0.717) is 43.1 Å². The van der Waals surface area contributed by atoms with Crippen molar-refractivity contribution in [2.45, 2.75) is 37.6 Å². The van der Waals surface area contributed by atoms with E-state index in [9.17, 15) is 29.4 Å². The number of aliphatic imine (C=N–C) groups is 1. The molecule has 5 rings (SSSR count). The molecule has 38 heavy (non-hydrogen) atoms. The molecule has 3 amide bonds. The fourth-order valence-electron chi connectivity index (χ4n) is 4.99. The van der Waals surface area contributed by atoms with Crippen molar-refractivity contribution in [2.24, 2.45) is 10.7 Å². The lowest BCUT2D eigenvalue weighted by atomic mass is 10.1. The van der Waals surface area contributed by atoms with Crippen LogP contribution in [0, 0.1) is 0 Å². The first-order valence-electron chi connectivity index (χ1n) is 12.2. The smallest absolute Gasteiger partial charge is 0.326 e. The van der Waals surface area contributed by atoms with E-state index in [-0.39, 0.29) is 18.7 Å². The molecule has 0 saturated carbocycles. The molecule has 198 valence electrons. The second-order valence-electron chi connectivity index (χ2n) is 9.33. The van der Waals surface area contributed by atoms with E-state index < -0.39 is 41.9 Å². The molecule has 0 radical (unpaired) electrons. The highest BCUT2D eigenvalue weighted by Crippen LogP contribution is 2.26. The average molecular weight is 522 g/mol. The topological polar surface area (TPSA) is 175 Å². The predicted molar refractivity (Wildman–Crippen MR) is 136 cm³/mol. The van der Waals surface area contributed by atoms with Crippen LogP contribution in [0.1, 0.15) is 34.3 Å². The number of aliphatic hydroxyl groups is 1. The summed E-state index contributed by atoms with van der Waals surface area (Å²) < 4.78 is 5.47. The van der Waals surface area contributed by atoms with E-state index in [0.717, 1.165) is 11.1 Å². The average Bonchev–Trinajstić information content (AvgIpc) is 3.55. The number of aliphatic hydroxyl groups excluding tert-OH is 1. The monoisotopic (exact) mass is 521 g/mol. The summed E-state index contributed by atoms with van der Waals surface area (Å²) in [5.41, 5.74) is 8.48. The zero-order valence-corrected chi connectivity index (χ0v) is 20.4. The first kappa shape index (κ1) is 25.4. The number of hydrogen-bond acceptors (Lipinski definition) is 8. The molecule has 3 aliphatic rings. The van der Waals surface area contributed by atoms with Crippen molar-refractivity contribution in [3.05, 3.63) is 59.2 Å². The maximum atomic E-state index is 13.3. The third kappa shape index (κ3) is 4.71. The van der Waals surface area contributed by atoms with Gasteiger partial charge in [0.2, 0.25) is 0 Å². The van der Waals surface area contributed by atoms with Crippen LogP contribution in [0.2, 0.25) is 0 Å². The van der Waals surface area contributed by atoms with Crippen LogP contribution in [-0.2, 0) is 25.7 Å². The summed E-state index contributed by atoms with van der Waals surface area (Å²) >= 11 is 0. The summed E-state index contributed by atoms with van der Waals surface area (Å²) in [6.07, 6.45) is -2.26. The van der Waals surface area contributed by atoms with Gasteiger partial charge in [0.15, 0.2) is 12.2 Å². The van der Waals surface area contributed by atoms with Gasteiger partial charge in [0.05, 0.1) is 13.2 Å². The Bertz CT molecular complexity index is 1340. The minimum Gasteiger partial charge on any atom is -0.480 e. The van der Waals surface area contributed by atoms with Gasteiger partial charge in [0.25, 0.3) is 17.7 Å². The van der Waals surface area contributed by atoms with Gasteiger partial charge in [-0.25, -0.2) is 4.79 Å². The van der Waals surface area contributed by atoms with Crippen molar-refractivity contribution in [3.8, 4) is 0 Å². The summed E-state index contributed by atoms with van der Waals surface area (Å²) in [7, 11) is 0. The molecule has 0 aromatic heterocycles. The highest BCUT2D eigenvalue weighted by molar-refractivity contribution is 6.05. The standard InChI is InChI=1S/C26H27N5O7/c27-22-18-7-6-16(11-15(18)13-28-22)29-23(33)20(32)21-25(35)30(9-10-38-21)17-4-1-3-14(12-17)24(34)31-8-2-5-19(31)26(36)37/h1,3-4,6-7,11-12,19-21,32H,2,5,8-10,13H2,(H2,27,28)(H,29,33)(H,36,37)/t19-,20+,21+/m0/s1. The largest absolute Gasteiger partial charge is 0.480 e. The summed E-state index contributed by atoms with van der Waals surface area (Å²) in [5, 5.41) is 22.7. The Morgan fingerprint density at radius 2 is 1.97 bits per heavy atom. The van der Waals surface area contributed by atoms with Gasteiger partial charge in [-0.15, -0.1) is 0 Å². The number of morpholine rings is 1. The highest BCUT2D eigenvalue weighted by Gasteiger charge is 2.40. The van der Waals surface area contributed by atoms with Crippen LogP contribution in [0.25, 0.3) is 0 Å². The molecule has 3 aliphatic heterocycles. The fourth-order valence-corrected chi connectivity index (χ4v) is 4.99. The number of carbonyl (C=O) groups excluding carboxylic acids is 3. The lowest BCUT2D eigenvalue weighted by Crippen LogP contribution is -2.55. The number of nitrogens with one attached hydrogen (secondary N) is 1. The molecule has 5 N–H and O–H groups in total. The number of anilines is 2. The van der Waals surface area contributed by atoms with E-state index in [2.05, 4.69) is 10.3 Å². The van der Waals surface area contributed by atoms with Crippen LogP contribution < -0.4 is 16.0 Å². The van der Waals surface area contributed by atoms with E-state index in [1.807, 2.05) is 0 Å². The van der Waals surface area contributed by atoms with Gasteiger partial charge in [-0.1, -0.05) is 6.07 Å². The van der Waals surface area contributed by atoms with Crippen molar-refractivity contribution < 1.29 is 34.1 Å². The van der Waals surface area contributed by atoms with E-state index in [1.54, 1.807) is 36.4 Å². The molecule has 12 nitrogen and oxygen atoms in total. The Balaban J connectivity index is 1.28. The van der Waals surface area contributed by atoms with Crippen molar-refractivity contribution >= 4 is 40.9 Å². The van der Waals surface area contributed by atoms with E-state index in [1.165, 1.54) is 15.9 Å². The maximum Gasteiger partial charge on any atom is 0.326 e. The number of ether oxygens (including phenoxy) is 1. The lowest BCUT2D eigenvalue weighted by molar-refractivity contribution is -0.150. The highest BCUT2D eigenvalue weighted by atomic mass is 16.5. The van der Waals surface area contributed by atoms with Crippen molar-refractivity contribution in [1.29, 1.82) is 0 Å². The molecule has 2 aromatic carbocycles. The van der Waals surface area contributed by atoms with Gasteiger partial charge in [0.1, 0.15) is 11.9 Å². The number of amidine groups is 1. The normalized spacial score (nSPS) is 21.6. The van der Waals surface area contributed by atoms with Crippen molar-refractivity contribution in [2.75, 3.05) is 29.9 Å². The number of carboxylic acids is 1. The summed E-state index contributed by atoms with van der Waals surface area (Å²) in [4.78, 5) is 57.4. The lowest BCUT2D eigenvalue weighted by Gasteiger charge is -2.34. The van der Waals surface area contributed by atoms with E-state index in [4.69, 9.17) is 10.5 Å². The number of nitrogens with two attached hydrogens (primary N) is 1. The molecule has 0 spiro atoms. The number of rotatable bonds is 6. The zero-order valence-electron chi connectivity index (χ0n) is 20.4. The van der Waals surface area contributed by atoms with Gasteiger partial charge in [-0.2, -0.15) is 0 Å². The first-order valence-corrected chi connectivity index (χ1v) is 12.2. The first-order chi connectivity index (χ1) is 18.2. The van der Waals surface area contributed by atoms with Gasteiger partial charge >= 0.3 is 5.97 Å². The second-order valence-corrected chi connectivity index (χ2v) is 9.33. The Labute approximate surface area is 217 Å². The zero-order chi connectivity index (χ0) is 27.0. The molecular weight excluding hydrogens is 494 g/mol. The van der Waals surface area contributed by atoms with Gasteiger partial charge in [0, 0.05) is 35.6 Å². The summed E-state index contributed by atoms with van der Waals surface area (Å²) in [6.45, 7) is 0.935. The van der Waals surface area contributed by atoms with Crippen LogP contribution in [0.15, 0.2) is 47.5 Å². The number of carbonyl (C=O) groups is 4. The van der Waals surface area contributed by atoms with E-state index >= 15 is 0 Å². The van der Waals surface area contributed by atoms with Crippen molar-refractivity contribution in [1.82, 2.24) is 4.90 Å². The molecule has 2 aromatic rings. The number of fused-ring (bicyclic) bond motifs is 1. The third-order valence-corrected chi connectivity index (χ3v) is 6.95. The van der Waals surface area contributed by atoms with Crippen LogP contribution in [0.3, 0.4) is 0 Å². The predicted octanol–water partition coefficient (Wildman–Crippen LogP) is 0.326. The molecule has 0 aliphatic carbocycles. The summed E-state index contributed by atoms with van der Waals surface area (Å²) in [6, 6.07) is 10.5. The van der Waals surface area contributed by atoms with Crippen LogP contribution in [-0.4, -0.2) is 82.6 Å². The number of carboxylic acid groups (broad SMARTS) is 1. The Kier molecular flexibility index (Phi) is 6.83. The third-order valence-electron chi connectivity index (χ3n) is 6.95. The molecule has 0 bridgehead atoms. The SMILES string of the molecule is NC1=NCc2cc(NC(=O)[C@H](O)[C@H]3OCCN(c4cccc(C(=O)N5CCC[C@H]5C(=O)O)c4)C3=O)ccc21. The number of likely N-dealkylation sites (tertiary alicyclic amines) is 1. The quantitative estimate of drug-likeness (QED) is 0.420. The molecular formula is C26H27N5O7. The Morgan fingerprint density at radius 1 is 1.16 bits per heavy atom. The maximum absolute atomic E-state index is 13.3. The molecule has 0 unspecified atom stereocenters. The minimum absolute atomic E-state index is 0.0571. The Morgan fingerprint density at radius 3 is 2.76 bits per heavy atom. The number of aliphatic carboxylic acids is 1. The van der Waals surface area contributed by atoms with Gasteiger partial charge in [-0.3, -0.25) is 19.4 Å². The Hall–Kier alpha value is -4.29. The van der Waals surface area contributed by atoms with Gasteiger partial charge < -0.3 is 35.8 Å². The molecule has 12 heteroatoms. The fraction of sp³-hybridized carbons (Fsp3) is 0.346. The number of hydrogen-bond donors (Lipinski definition) is 4. The summed E-state index contributed by atoms with van der Waals surface area (Å²) in [5.74, 6) is -2.51. The van der Waals surface area contributed by atoms with Crippen LogP contribution in [0.4, 0.5) is 11.4 Å². The molecule has 3 heterocycles. The number of benzene rings is 2. The molecule has 2 fully saturated rings. The number of nitrogens with zero attached hydrogens (tertiary/aromatic N) is 3. The van der Waals surface area contributed by atoms with Crippen LogP contribution in [0.5, 0.6) is 0 Å². The minimum atomic E-state index is -1.79. The van der Waals surface area contributed by atoms with Gasteiger partial charge in [-0.05, 0) is 54.8 Å². The van der Waals surface area contributed by atoms with Crippen LogP contribution >= 0.6 is 0 Å². The molecule has 2 saturated heterocycles. The molecule has 3 atom stereocenters. The second kappa shape index (κ2) is 10.2. The van der Waals surface area contributed by atoms with Crippen molar-refractivity contribution in [3.63, 3.8) is 0 Å². The number of amides is 3.